The standard InChI is InChI=1S/C15H32N2O/c1-5-8-16-13(2)10-14(3)17(4)11-15-7-6-9-18-12-15/h13-16H,5-12H2,1-4H3. The van der Waals surface area contributed by atoms with Crippen LogP contribution in [0.3, 0.4) is 0 Å². The predicted octanol–water partition coefficient (Wildman–Crippen LogP) is 2.51. The van der Waals surface area contributed by atoms with Crippen molar-refractivity contribution in [3.05, 3.63) is 0 Å². The van der Waals surface area contributed by atoms with Crippen LogP contribution in [0.4, 0.5) is 0 Å². The third kappa shape index (κ3) is 6.17. The van der Waals surface area contributed by atoms with Crippen LogP contribution in [0.25, 0.3) is 0 Å². The first-order valence-electron chi connectivity index (χ1n) is 7.64. The molecule has 0 radical (unpaired) electrons. The van der Waals surface area contributed by atoms with Gasteiger partial charge in [-0.15, -0.1) is 0 Å². The third-order valence-corrected chi connectivity index (χ3v) is 3.99. The molecule has 0 amide bonds. The summed E-state index contributed by atoms with van der Waals surface area (Å²) in [5, 5.41) is 3.57. The lowest BCUT2D eigenvalue weighted by Crippen LogP contribution is -2.40. The highest BCUT2D eigenvalue weighted by atomic mass is 16.5. The van der Waals surface area contributed by atoms with Gasteiger partial charge in [-0.2, -0.15) is 0 Å². The van der Waals surface area contributed by atoms with Crippen molar-refractivity contribution in [2.24, 2.45) is 5.92 Å². The van der Waals surface area contributed by atoms with Crippen molar-refractivity contribution in [3.8, 4) is 0 Å². The minimum Gasteiger partial charge on any atom is -0.381 e. The summed E-state index contributed by atoms with van der Waals surface area (Å²) < 4.78 is 5.56. The van der Waals surface area contributed by atoms with Crippen molar-refractivity contribution in [1.82, 2.24) is 10.2 Å². The number of nitrogens with zero attached hydrogens (tertiary/aromatic N) is 1. The van der Waals surface area contributed by atoms with Crippen LogP contribution in [-0.4, -0.2) is 50.3 Å². The van der Waals surface area contributed by atoms with E-state index in [2.05, 4.69) is 38.0 Å². The molecule has 0 aromatic rings. The van der Waals surface area contributed by atoms with Crippen LogP contribution in [0.1, 0.15) is 46.5 Å². The Morgan fingerprint density at radius 2 is 2.17 bits per heavy atom. The molecule has 3 unspecified atom stereocenters. The Hall–Kier alpha value is -0.120. The Balaban J connectivity index is 2.20. The fraction of sp³-hybridized carbons (Fsp3) is 1.00. The molecule has 1 N–H and O–H groups in total. The van der Waals surface area contributed by atoms with Gasteiger partial charge in [-0.05, 0) is 59.0 Å². The first kappa shape index (κ1) is 15.9. The summed E-state index contributed by atoms with van der Waals surface area (Å²) in [6.07, 6.45) is 5.01. The van der Waals surface area contributed by atoms with Crippen molar-refractivity contribution in [3.63, 3.8) is 0 Å². The highest BCUT2D eigenvalue weighted by Crippen LogP contribution is 2.16. The van der Waals surface area contributed by atoms with Gasteiger partial charge in [0.2, 0.25) is 0 Å². The van der Waals surface area contributed by atoms with E-state index in [0.29, 0.717) is 12.1 Å². The Bertz CT molecular complexity index is 205. The lowest BCUT2D eigenvalue weighted by molar-refractivity contribution is 0.0362. The maximum Gasteiger partial charge on any atom is 0.0506 e. The van der Waals surface area contributed by atoms with Gasteiger partial charge in [-0.1, -0.05) is 6.92 Å². The number of rotatable bonds is 8. The van der Waals surface area contributed by atoms with Crippen molar-refractivity contribution >= 4 is 0 Å². The molecule has 1 rings (SSSR count). The number of nitrogens with one attached hydrogen (secondary N) is 1. The highest BCUT2D eigenvalue weighted by molar-refractivity contribution is 4.74. The minimum atomic E-state index is 0.616. The molecule has 18 heavy (non-hydrogen) atoms. The molecule has 1 fully saturated rings. The predicted molar refractivity (Wildman–Crippen MR) is 78.0 cm³/mol. The maximum atomic E-state index is 5.56. The summed E-state index contributed by atoms with van der Waals surface area (Å²) in [6.45, 7) is 11.1. The SMILES string of the molecule is CCCNC(C)CC(C)N(C)CC1CCCOC1. The molecule has 3 atom stereocenters. The van der Waals surface area contributed by atoms with Crippen LogP contribution < -0.4 is 5.32 Å². The van der Waals surface area contributed by atoms with Crippen LogP contribution in [-0.2, 0) is 4.74 Å². The average Bonchev–Trinajstić information content (AvgIpc) is 2.37. The lowest BCUT2D eigenvalue weighted by atomic mass is 10.0. The summed E-state index contributed by atoms with van der Waals surface area (Å²) >= 11 is 0. The van der Waals surface area contributed by atoms with Crippen LogP contribution in [0, 0.1) is 5.92 Å². The molecule has 1 heterocycles. The Morgan fingerprint density at radius 3 is 2.78 bits per heavy atom. The van der Waals surface area contributed by atoms with E-state index in [-0.39, 0.29) is 0 Å². The number of hydrogen-bond donors (Lipinski definition) is 1. The van der Waals surface area contributed by atoms with E-state index >= 15 is 0 Å². The molecule has 0 aromatic heterocycles. The molecule has 0 aliphatic carbocycles. The smallest absolute Gasteiger partial charge is 0.0506 e. The van der Waals surface area contributed by atoms with E-state index in [9.17, 15) is 0 Å². The van der Waals surface area contributed by atoms with Crippen molar-refractivity contribution < 1.29 is 4.74 Å². The first-order chi connectivity index (χ1) is 8.63. The highest BCUT2D eigenvalue weighted by Gasteiger charge is 2.19. The van der Waals surface area contributed by atoms with Gasteiger partial charge in [0.05, 0.1) is 6.61 Å². The topological polar surface area (TPSA) is 24.5 Å². The zero-order valence-corrected chi connectivity index (χ0v) is 12.7. The van der Waals surface area contributed by atoms with Crippen LogP contribution in [0.2, 0.25) is 0 Å². The largest absolute Gasteiger partial charge is 0.381 e. The van der Waals surface area contributed by atoms with Gasteiger partial charge in [0.25, 0.3) is 0 Å². The molecular formula is C15H32N2O. The van der Waals surface area contributed by atoms with Gasteiger partial charge in [-0.3, -0.25) is 0 Å². The quantitative estimate of drug-likeness (QED) is 0.722. The maximum absolute atomic E-state index is 5.56. The van der Waals surface area contributed by atoms with Gasteiger partial charge in [0.15, 0.2) is 0 Å². The molecule has 108 valence electrons. The van der Waals surface area contributed by atoms with Crippen LogP contribution >= 0.6 is 0 Å². The Kier molecular flexibility index (Phi) is 7.87. The van der Waals surface area contributed by atoms with Crippen molar-refractivity contribution in [1.29, 1.82) is 0 Å². The second kappa shape index (κ2) is 8.89. The van der Waals surface area contributed by atoms with Crippen LogP contribution in [0.15, 0.2) is 0 Å². The van der Waals surface area contributed by atoms with E-state index in [1.54, 1.807) is 0 Å². The molecule has 1 aliphatic rings. The van der Waals surface area contributed by atoms with Gasteiger partial charge < -0.3 is 15.0 Å². The molecule has 0 aromatic carbocycles. The Labute approximate surface area is 113 Å². The molecule has 1 aliphatic heterocycles. The van der Waals surface area contributed by atoms with Gasteiger partial charge in [0.1, 0.15) is 0 Å². The summed E-state index contributed by atoms with van der Waals surface area (Å²) in [7, 11) is 2.26. The van der Waals surface area contributed by atoms with E-state index < -0.39 is 0 Å². The first-order valence-corrected chi connectivity index (χ1v) is 7.64. The van der Waals surface area contributed by atoms with Gasteiger partial charge in [-0.25, -0.2) is 0 Å². The monoisotopic (exact) mass is 256 g/mol. The van der Waals surface area contributed by atoms with E-state index in [4.69, 9.17) is 4.74 Å². The van der Waals surface area contributed by atoms with Crippen LogP contribution in [0.5, 0.6) is 0 Å². The summed E-state index contributed by atoms with van der Waals surface area (Å²) in [4.78, 5) is 2.50. The van der Waals surface area contributed by atoms with E-state index in [1.807, 2.05) is 0 Å². The van der Waals surface area contributed by atoms with Gasteiger partial charge >= 0.3 is 0 Å². The van der Waals surface area contributed by atoms with Crippen molar-refractivity contribution in [2.45, 2.75) is 58.5 Å². The summed E-state index contributed by atoms with van der Waals surface area (Å²) in [5.41, 5.74) is 0. The zero-order valence-electron chi connectivity index (χ0n) is 12.7. The Morgan fingerprint density at radius 1 is 1.39 bits per heavy atom. The third-order valence-electron chi connectivity index (χ3n) is 3.99. The molecular weight excluding hydrogens is 224 g/mol. The fourth-order valence-electron chi connectivity index (χ4n) is 2.70. The zero-order chi connectivity index (χ0) is 13.4. The molecule has 0 spiro atoms. The second-order valence-electron chi connectivity index (χ2n) is 5.96. The molecule has 0 saturated carbocycles. The fourth-order valence-corrected chi connectivity index (χ4v) is 2.70. The van der Waals surface area contributed by atoms with Gasteiger partial charge in [0, 0.05) is 25.2 Å². The normalized spacial score (nSPS) is 24.2. The number of ether oxygens (including phenoxy) is 1. The van der Waals surface area contributed by atoms with Crippen molar-refractivity contribution in [2.75, 3.05) is 33.4 Å². The average molecular weight is 256 g/mol. The van der Waals surface area contributed by atoms with E-state index in [0.717, 1.165) is 25.7 Å². The molecule has 1 saturated heterocycles. The summed E-state index contributed by atoms with van der Waals surface area (Å²) in [6, 6.07) is 1.26. The number of hydrogen-bond acceptors (Lipinski definition) is 3. The minimum absolute atomic E-state index is 0.616. The molecule has 3 heteroatoms. The molecule has 0 bridgehead atoms. The summed E-state index contributed by atoms with van der Waals surface area (Å²) in [5.74, 6) is 0.741. The second-order valence-corrected chi connectivity index (χ2v) is 5.96. The van der Waals surface area contributed by atoms with E-state index in [1.165, 1.54) is 32.2 Å². The molecule has 3 nitrogen and oxygen atoms in total. The lowest BCUT2D eigenvalue weighted by Gasteiger charge is -2.32.